The normalized spacial score (nSPS) is 10.7. The fourth-order valence-corrected chi connectivity index (χ4v) is 2.54. The molecule has 2 heterocycles. The summed E-state index contributed by atoms with van der Waals surface area (Å²) < 4.78 is 1.56. The van der Waals surface area contributed by atoms with E-state index in [2.05, 4.69) is 26.0 Å². The van der Waals surface area contributed by atoms with E-state index in [1.54, 1.807) is 22.8 Å². The number of hydrogen-bond acceptors (Lipinski definition) is 4. The molecule has 0 unspecified atom stereocenters. The molecule has 7 nitrogen and oxygen atoms in total. The predicted molar refractivity (Wildman–Crippen MR) is 99.5 cm³/mol. The van der Waals surface area contributed by atoms with Crippen molar-refractivity contribution >= 4 is 46.5 Å². The van der Waals surface area contributed by atoms with Crippen LogP contribution >= 0.6 is 23.2 Å². The first-order chi connectivity index (χ1) is 12.1. The van der Waals surface area contributed by atoms with Crippen LogP contribution in [0, 0.1) is 0 Å². The molecule has 0 radical (unpaired) electrons. The van der Waals surface area contributed by atoms with Crippen molar-refractivity contribution in [1.29, 1.82) is 0 Å². The van der Waals surface area contributed by atoms with Gasteiger partial charge in [0.1, 0.15) is 5.82 Å². The molecule has 130 valence electrons. The molecule has 2 amide bonds. The maximum atomic E-state index is 11.7. The number of anilines is 2. The molecule has 9 heteroatoms. The van der Waals surface area contributed by atoms with Crippen molar-refractivity contribution in [3.05, 3.63) is 52.1 Å². The zero-order valence-corrected chi connectivity index (χ0v) is 14.9. The van der Waals surface area contributed by atoms with Gasteiger partial charge in [-0.2, -0.15) is 4.52 Å². The topological polar surface area (TPSA) is 83.3 Å². The Morgan fingerprint density at radius 3 is 2.80 bits per heavy atom. The molecule has 0 spiro atoms. The van der Waals surface area contributed by atoms with Crippen LogP contribution in [0.5, 0.6) is 0 Å². The third-order valence-corrected chi connectivity index (χ3v) is 4.14. The van der Waals surface area contributed by atoms with Crippen molar-refractivity contribution in [3.8, 4) is 0 Å². The molecule has 0 saturated carbocycles. The molecular formula is C16H16Cl2N6O. The number of benzene rings is 1. The monoisotopic (exact) mass is 378 g/mol. The Bertz CT molecular complexity index is 911. The summed E-state index contributed by atoms with van der Waals surface area (Å²) in [6, 6.07) is 8.76. The predicted octanol–water partition coefficient (Wildman–Crippen LogP) is 3.79. The molecule has 0 aliphatic carbocycles. The van der Waals surface area contributed by atoms with Gasteiger partial charge in [-0.15, -0.1) is 5.10 Å². The smallest absolute Gasteiger partial charge is 0.320 e. The lowest BCUT2D eigenvalue weighted by atomic mass is 10.2. The average Bonchev–Trinajstić information content (AvgIpc) is 2.98. The molecule has 0 atom stereocenters. The highest BCUT2D eigenvalue weighted by Crippen LogP contribution is 2.23. The van der Waals surface area contributed by atoms with E-state index in [0.717, 1.165) is 5.56 Å². The van der Waals surface area contributed by atoms with Gasteiger partial charge in [0.2, 0.25) is 0 Å². The van der Waals surface area contributed by atoms with Gasteiger partial charge in [-0.25, -0.2) is 9.78 Å². The standard InChI is InChI=1S/C16H16Cl2N6O/c1-2-19-16(25)22-15-9-21-14-6-5-13(23-24(14)15)20-8-10-3-4-11(17)12(18)7-10/h3-7,9H,2,8H2,1H3,(H,20,23)(H2,19,22,25). The van der Waals surface area contributed by atoms with Crippen molar-refractivity contribution < 1.29 is 4.79 Å². The second-order valence-electron chi connectivity index (χ2n) is 5.22. The number of nitrogens with zero attached hydrogens (tertiary/aromatic N) is 3. The first kappa shape index (κ1) is 17.3. The van der Waals surface area contributed by atoms with Gasteiger partial charge in [0.15, 0.2) is 11.5 Å². The minimum Gasteiger partial charge on any atom is -0.365 e. The average molecular weight is 379 g/mol. The largest absolute Gasteiger partial charge is 0.365 e. The molecule has 3 N–H and O–H groups in total. The van der Waals surface area contributed by atoms with Crippen LogP contribution in [0.3, 0.4) is 0 Å². The van der Waals surface area contributed by atoms with E-state index in [4.69, 9.17) is 23.2 Å². The SMILES string of the molecule is CCNC(=O)Nc1cnc2ccc(NCc3ccc(Cl)c(Cl)c3)nn12. The maximum absolute atomic E-state index is 11.7. The molecule has 2 aromatic heterocycles. The third-order valence-electron chi connectivity index (χ3n) is 3.40. The van der Waals surface area contributed by atoms with E-state index < -0.39 is 0 Å². The summed E-state index contributed by atoms with van der Waals surface area (Å²) in [4.78, 5) is 15.9. The summed E-state index contributed by atoms with van der Waals surface area (Å²) in [6.45, 7) is 2.91. The lowest BCUT2D eigenvalue weighted by Crippen LogP contribution is -2.28. The lowest BCUT2D eigenvalue weighted by Gasteiger charge is -2.08. The van der Waals surface area contributed by atoms with Crippen LogP contribution in [-0.2, 0) is 6.54 Å². The van der Waals surface area contributed by atoms with Crippen LogP contribution in [0.1, 0.15) is 12.5 Å². The fraction of sp³-hybridized carbons (Fsp3) is 0.188. The van der Waals surface area contributed by atoms with E-state index in [9.17, 15) is 4.79 Å². The number of carbonyl (C=O) groups is 1. The molecule has 1 aromatic carbocycles. The molecule has 3 aromatic rings. The minimum absolute atomic E-state index is 0.305. The number of hydrogen-bond donors (Lipinski definition) is 3. The first-order valence-electron chi connectivity index (χ1n) is 7.64. The second-order valence-corrected chi connectivity index (χ2v) is 6.03. The van der Waals surface area contributed by atoms with Gasteiger partial charge in [0.25, 0.3) is 0 Å². The molecule has 0 bridgehead atoms. The van der Waals surface area contributed by atoms with Gasteiger partial charge in [-0.05, 0) is 36.8 Å². The number of urea groups is 1. The molecule has 0 aliphatic heterocycles. The number of halogens is 2. The van der Waals surface area contributed by atoms with E-state index in [1.807, 2.05) is 25.1 Å². The molecule has 0 fully saturated rings. The van der Waals surface area contributed by atoms with E-state index in [1.165, 1.54) is 0 Å². The van der Waals surface area contributed by atoms with E-state index in [0.29, 0.717) is 40.4 Å². The summed E-state index contributed by atoms with van der Waals surface area (Å²) in [7, 11) is 0. The first-order valence-corrected chi connectivity index (χ1v) is 8.40. The lowest BCUT2D eigenvalue weighted by molar-refractivity contribution is 0.252. The summed E-state index contributed by atoms with van der Waals surface area (Å²) in [5, 5.41) is 14.0. The number of rotatable bonds is 5. The number of aromatic nitrogens is 3. The summed E-state index contributed by atoms with van der Waals surface area (Å²) in [6.07, 6.45) is 1.56. The zero-order chi connectivity index (χ0) is 17.8. The molecule has 0 aliphatic rings. The summed E-state index contributed by atoms with van der Waals surface area (Å²) in [5.74, 6) is 1.12. The van der Waals surface area contributed by atoms with Crippen molar-refractivity contribution in [1.82, 2.24) is 19.9 Å². The molecular weight excluding hydrogens is 363 g/mol. The van der Waals surface area contributed by atoms with Gasteiger partial charge >= 0.3 is 6.03 Å². The Morgan fingerprint density at radius 1 is 1.20 bits per heavy atom. The van der Waals surface area contributed by atoms with E-state index >= 15 is 0 Å². The summed E-state index contributed by atoms with van der Waals surface area (Å²) >= 11 is 11.9. The van der Waals surface area contributed by atoms with E-state index in [-0.39, 0.29) is 6.03 Å². The molecule has 25 heavy (non-hydrogen) atoms. The van der Waals surface area contributed by atoms with Gasteiger partial charge < -0.3 is 10.6 Å². The number of nitrogens with one attached hydrogen (secondary N) is 3. The van der Waals surface area contributed by atoms with Crippen LogP contribution in [-0.4, -0.2) is 27.2 Å². The fourth-order valence-electron chi connectivity index (χ4n) is 2.22. The highest BCUT2D eigenvalue weighted by Gasteiger charge is 2.08. The summed E-state index contributed by atoms with van der Waals surface area (Å²) in [5.41, 5.74) is 1.61. The third kappa shape index (κ3) is 4.12. The van der Waals surface area contributed by atoms with Crippen molar-refractivity contribution in [2.24, 2.45) is 0 Å². The quantitative estimate of drug-likeness (QED) is 0.630. The Balaban J connectivity index is 1.75. The van der Waals surface area contributed by atoms with Gasteiger partial charge in [0.05, 0.1) is 16.2 Å². The highest BCUT2D eigenvalue weighted by molar-refractivity contribution is 6.42. The number of imidazole rings is 1. The minimum atomic E-state index is -0.305. The Hall–Kier alpha value is -2.51. The van der Waals surface area contributed by atoms with Crippen molar-refractivity contribution in [2.75, 3.05) is 17.2 Å². The van der Waals surface area contributed by atoms with Crippen LogP contribution in [0.15, 0.2) is 36.5 Å². The van der Waals surface area contributed by atoms with Gasteiger partial charge in [0, 0.05) is 13.1 Å². The molecule has 0 saturated heterocycles. The van der Waals surface area contributed by atoms with Crippen molar-refractivity contribution in [2.45, 2.75) is 13.5 Å². The Morgan fingerprint density at radius 2 is 2.04 bits per heavy atom. The van der Waals surface area contributed by atoms with Gasteiger partial charge in [-0.1, -0.05) is 29.3 Å². The highest BCUT2D eigenvalue weighted by atomic mass is 35.5. The van der Waals surface area contributed by atoms with Crippen LogP contribution in [0.2, 0.25) is 10.0 Å². The van der Waals surface area contributed by atoms with Gasteiger partial charge in [-0.3, -0.25) is 5.32 Å². The number of amides is 2. The van der Waals surface area contributed by atoms with Crippen LogP contribution < -0.4 is 16.0 Å². The zero-order valence-electron chi connectivity index (χ0n) is 13.4. The van der Waals surface area contributed by atoms with Crippen LogP contribution in [0.25, 0.3) is 5.65 Å². The second kappa shape index (κ2) is 7.58. The number of carbonyl (C=O) groups excluding carboxylic acids is 1. The van der Waals surface area contributed by atoms with Crippen molar-refractivity contribution in [3.63, 3.8) is 0 Å². The number of fused-ring (bicyclic) bond motifs is 1. The van der Waals surface area contributed by atoms with Crippen LogP contribution in [0.4, 0.5) is 16.4 Å². The Kier molecular flexibility index (Phi) is 5.25. The molecule has 3 rings (SSSR count). The Labute approximate surface area is 154 Å². The maximum Gasteiger partial charge on any atom is 0.320 e.